The third-order valence-corrected chi connectivity index (χ3v) is 6.07. The van der Waals surface area contributed by atoms with E-state index in [-0.39, 0.29) is 6.61 Å². The van der Waals surface area contributed by atoms with E-state index in [0.717, 1.165) is 12.8 Å². The van der Waals surface area contributed by atoms with E-state index in [1.165, 1.54) is 5.57 Å². The van der Waals surface area contributed by atoms with Gasteiger partial charge in [-0.15, -0.1) is 0 Å². The van der Waals surface area contributed by atoms with Gasteiger partial charge < -0.3 is 54.7 Å². The maximum Gasteiger partial charge on any atom is 0.187 e. The summed E-state index contributed by atoms with van der Waals surface area (Å²) in [5, 5.41) is 69.9. The highest BCUT2D eigenvalue weighted by molar-refractivity contribution is 4.94. The molecule has 2 heterocycles. The van der Waals surface area contributed by atoms with Crippen LogP contribution < -0.4 is 0 Å². The molecule has 194 valence electrons. The lowest BCUT2D eigenvalue weighted by Crippen LogP contribution is -2.64. The molecule has 0 bridgehead atoms. The molecule has 2 aliphatic rings. The molecule has 2 saturated heterocycles. The lowest BCUT2D eigenvalue weighted by atomic mass is 9.97. The first-order valence-electron chi connectivity index (χ1n) is 11.4. The summed E-state index contributed by atoms with van der Waals surface area (Å²) < 4.78 is 22.3. The van der Waals surface area contributed by atoms with Gasteiger partial charge >= 0.3 is 0 Å². The predicted octanol–water partition coefficient (Wildman–Crippen LogP) is -1.60. The Morgan fingerprint density at radius 3 is 1.97 bits per heavy atom. The van der Waals surface area contributed by atoms with Gasteiger partial charge in [-0.1, -0.05) is 18.6 Å². The molecule has 33 heavy (non-hydrogen) atoms. The fourth-order valence-corrected chi connectivity index (χ4v) is 3.86. The Labute approximate surface area is 194 Å². The van der Waals surface area contributed by atoms with Crippen molar-refractivity contribution in [3.8, 4) is 0 Å². The molecule has 1 unspecified atom stereocenters. The highest BCUT2D eigenvalue weighted by Gasteiger charge is 2.50. The predicted molar refractivity (Wildman–Crippen MR) is 115 cm³/mol. The highest BCUT2D eigenvalue weighted by atomic mass is 16.8. The van der Waals surface area contributed by atoms with Gasteiger partial charge in [0.2, 0.25) is 0 Å². The number of rotatable bonds is 11. The molecule has 11 heteroatoms. The second-order valence-electron chi connectivity index (χ2n) is 9.13. The second-order valence-corrected chi connectivity index (χ2v) is 9.13. The van der Waals surface area contributed by atoms with Crippen LogP contribution in [0.5, 0.6) is 0 Å². The molecular formula is C22H40O11. The monoisotopic (exact) mass is 480 g/mol. The molecule has 0 amide bonds. The fourth-order valence-electron chi connectivity index (χ4n) is 3.86. The van der Waals surface area contributed by atoms with Crippen LogP contribution >= 0.6 is 0 Å². The minimum absolute atomic E-state index is 0.246. The minimum Gasteiger partial charge on any atom is -0.394 e. The Kier molecular flexibility index (Phi) is 11.6. The number of aliphatic hydroxyl groups is 7. The van der Waals surface area contributed by atoms with Crippen molar-refractivity contribution in [1.82, 2.24) is 0 Å². The van der Waals surface area contributed by atoms with Gasteiger partial charge in [0, 0.05) is 0 Å². The molecule has 11 nitrogen and oxygen atoms in total. The molecule has 0 aromatic heterocycles. The first-order valence-corrected chi connectivity index (χ1v) is 11.4. The third kappa shape index (κ3) is 7.64. The van der Waals surface area contributed by atoms with Crippen LogP contribution in [0.25, 0.3) is 0 Å². The highest BCUT2D eigenvalue weighted by Crippen LogP contribution is 2.30. The van der Waals surface area contributed by atoms with E-state index >= 15 is 0 Å². The maximum atomic E-state index is 10.6. The van der Waals surface area contributed by atoms with E-state index in [1.54, 1.807) is 0 Å². The van der Waals surface area contributed by atoms with Crippen LogP contribution in [0.2, 0.25) is 0 Å². The first-order chi connectivity index (χ1) is 15.6. The fraction of sp³-hybridized carbons (Fsp3) is 0.909. The molecule has 2 rings (SSSR count). The zero-order chi connectivity index (χ0) is 24.7. The summed E-state index contributed by atoms with van der Waals surface area (Å²) >= 11 is 0. The molecule has 7 N–H and O–H groups in total. The van der Waals surface area contributed by atoms with E-state index in [9.17, 15) is 35.7 Å². The smallest absolute Gasteiger partial charge is 0.187 e. The van der Waals surface area contributed by atoms with E-state index in [0.29, 0.717) is 12.3 Å². The quantitative estimate of drug-likeness (QED) is 0.169. The van der Waals surface area contributed by atoms with Crippen molar-refractivity contribution in [3.05, 3.63) is 11.6 Å². The number of ether oxygens (including phenoxy) is 4. The number of hydrogen-bond acceptors (Lipinski definition) is 11. The summed E-state index contributed by atoms with van der Waals surface area (Å²) in [5.41, 5.74) is 1.25. The standard InChI is InChI=1S/C22H40O11/c1-11(2)5-4-6-12(3)7-8-30-22-20(18(28)16(26)14(10-24)32-22)33-21-19(29)17(27)15(25)13(9-23)31-21/h5,12-29H,4,6-10H2,1-3H3/t12?,13-,14-,15-,16-,17+,18+,19-,20-,21+,22-/m1/s1. The van der Waals surface area contributed by atoms with Gasteiger partial charge in [0.15, 0.2) is 12.6 Å². The SMILES string of the molecule is CC(C)=CCCC(C)CCO[C@@H]1O[C@H](CO)[C@@H](O)[C@H](O)[C@H]1O[C@@H]1O[C@H](CO)[C@@H](O)[C@H](O)[C@H]1O. The van der Waals surface area contributed by atoms with Crippen LogP contribution in [0.4, 0.5) is 0 Å². The summed E-state index contributed by atoms with van der Waals surface area (Å²) in [6, 6.07) is 0. The van der Waals surface area contributed by atoms with Gasteiger partial charge in [-0.25, -0.2) is 0 Å². The van der Waals surface area contributed by atoms with E-state index < -0.39 is 74.6 Å². The molecule has 11 atom stereocenters. The average Bonchev–Trinajstić information content (AvgIpc) is 2.77. The van der Waals surface area contributed by atoms with Gasteiger partial charge in [-0.05, 0) is 39.0 Å². The summed E-state index contributed by atoms with van der Waals surface area (Å²) in [5.74, 6) is 0.346. The maximum absolute atomic E-state index is 10.6. The Balaban J connectivity index is 2.03. The molecule has 0 spiro atoms. The largest absolute Gasteiger partial charge is 0.394 e. The normalized spacial score (nSPS) is 40.4. The molecule has 2 aliphatic heterocycles. The van der Waals surface area contributed by atoms with Gasteiger partial charge in [-0.3, -0.25) is 0 Å². The van der Waals surface area contributed by atoms with Gasteiger partial charge in [-0.2, -0.15) is 0 Å². The Morgan fingerprint density at radius 1 is 0.818 bits per heavy atom. The summed E-state index contributed by atoms with van der Waals surface area (Å²) in [7, 11) is 0. The molecular weight excluding hydrogens is 440 g/mol. The van der Waals surface area contributed by atoms with Gasteiger partial charge in [0.25, 0.3) is 0 Å². The zero-order valence-electron chi connectivity index (χ0n) is 19.4. The topological polar surface area (TPSA) is 179 Å². The van der Waals surface area contributed by atoms with Crippen molar-refractivity contribution in [1.29, 1.82) is 0 Å². The zero-order valence-corrected chi connectivity index (χ0v) is 19.4. The third-order valence-electron chi connectivity index (χ3n) is 6.07. The Hall–Kier alpha value is -0.700. The summed E-state index contributed by atoms with van der Waals surface area (Å²) in [6.45, 7) is 5.21. The van der Waals surface area contributed by atoms with Crippen LogP contribution in [0.3, 0.4) is 0 Å². The molecule has 0 aromatic carbocycles. The van der Waals surface area contributed by atoms with Crippen LogP contribution in [0, 0.1) is 5.92 Å². The van der Waals surface area contributed by atoms with Crippen LogP contribution in [0.1, 0.15) is 40.0 Å². The van der Waals surface area contributed by atoms with Crippen molar-refractivity contribution >= 4 is 0 Å². The summed E-state index contributed by atoms with van der Waals surface area (Å²) in [6.07, 6.45) is -9.66. The lowest BCUT2D eigenvalue weighted by molar-refractivity contribution is -0.367. The van der Waals surface area contributed by atoms with Gasteiger partial charge in [0.05, 0.1) is 19.8 Å². The van der Waals surface area contributed by atoms with Gasteiger partial charge in [0.1, 0.15) is 48.8 Å². The molecule has 0 saturated carbocycles. The van der Waals surface area contributed by atoms with Crippen molar-refractivity contribution in [2.24, 2.45) is 5.92 Å². The van der Waals surface area contributed by atoms with E-state index in [1.807, 2.05) is 13.8 Å². The first kappa shape index (κ1) is 28.5. The number of hydrogen-bond donors (Lipinski definition) is 7. The van der Waals surface area contributed by atoms with E-state index in [4.69, 9.17) is 18.9 Å². The molecule has 2 fully saturated rings. The summed E-state index contributed by atoms with van der Waals surface area (Å²) in [4.78, 5) is 0. The number of allylic oxidation sites excluding steroid dienone is 2. The van der Waals surface area contributed by atoms with Crippen molar-refractivity contribution < 1.29 is 54.7 Å². The lowest BCUT2D eigenvalue weighted by Gasteiger charge is -2.46. The van der Waals surface area contributed by atoms with Crippen LogP contribution in [-0.4, -0.2) is 117 Å². The molecule has 0 aromatic rings. The minimum atomic E-state index is -1.70. The van der Waals surface area contributed by atoms with Crippen molar-refractivity contribution in [3.63, 3.8) is 0 Å². The molecule has 0 aliphatic carbocycles. The van der Waals surface area contributed by atoms with Crippen LogP contribution in [-0.2, 0) is 18.9 Å². The molecule has 0 radical (unpaired) electrons. The van der Waals surface area contributed by atoms with Crippen LogP contribution in [0.15, 0.2) is 11.6 Å². The number of aliphatic hydroxyl groups excluding tert-OH is 7. The Bertz CT molecular complexity index is 597. The van der Waals surface area contributed by atoms with Crippen molar-refractivity contribution in [2.75, 3.05) is 19.8 Å². The van der Waals surface area contributed by atoms with Crippen molar-refractivity contribution in [2.45, 2.75) is 101 Å². The van der Waals surface area contributed by atoms with E-state index in [2.05, 4.69) is 13.0 Å². The average molecular weight is 481 g/mol. The Morgan fingerprint density at radius 2 is 1.39 bits per heavy atom. The second kappa shape index (κ2) is 13.4.